The second-order valence-corrected chi connectivity index (χ2v) is 2.90. The van der Waals surface area contributed by atoms with Gasteiger partial charge < -0.3 is 15.4 Å². The van der Waals surface area contributed by atoms with Crippen LogP contribution in [-0.2, 0) is 14.3 Å². The summed E-state index contributed by atoms with van der Waals surface area (Å²) in [6, 6.07) is 0. The molecule has 3 N–H and O–H groups in total. The van der Waals surface area contributed by atoms with Crippen LogP contribution in [0.2, 0.25) is 0 Å². The van der Waals surface area contributed by atoms with E-state index in [0.29, 0.717) is 19.7 Å². The summed E-state index contributed by atoms with van der Waals surface area (Å²) in [5.74, 6) is -0.251. The third kappa shape index (κ3) is 9.17. The summed E-state index contributed by atoms with van der Waals surface area (Å²) in [4.78, 5) is 22.1. The molecule has 0 aromatic heterocycles. The molecule has 15 heavy (non-hydrogen) atoms. The quantitative estimate of drug-likeness (QED) is 0.431. The van der Waals surface area contributed by atoms with Crippen molar-refractivity contribution in [2.75, 3.05) is 39.9 Å². The smallest absolute Gasteiger partial charge is 0.234 e. The number of rotatable bonds is 8. The lowest BCUT2D eigenvalue weighted by Crippen LogP contribution is -2.40. The molecular weight excluding hydrogens is 198 g/mol. The molecule has 0 spiro atoms. The summed E-state index contributed by atoms with van der Waals surface area (Å²) in [5.41, 5.74) is 0. The van der Waals surface area contributed by atoms with Crippen LogP contribution in [0.4, 0.5) is 0 Å². The van der Waals surface area contributed by atoms with Gasteiger partial charge in [0, 0.05) is 20.2 Å². The predicted molar refractivity (Wildman–Crippen MR) is 56.4 cm³/mol. The van der Waals surface area contributed by atoms with Gasteiger partial charge in [0.05, 0.1) is 19.7 Å². The molecule has 0 unspecified atom stereocenters. The van der Waals surface area contributed by atoms with Crippen LogP contribution in [0.1, 0.15) is 6.92 Å². The first-order chi connectivity index (χ1) is 7.20. The maximum absolute atomic E-state index is 11.1. The average molecular weight is 217 g/mol. The fourth-order valence-corrected chi connectivity index (χ4v) is 0.904. The first-order valence-corrected chi connectivity index (χ1v) is 4.93. The second kappa shape index (κ2) is 9.42. The van der Waals surface area contributed by atoms with E-state index < -0.39 is 0 Å². The Bertz CT molecular complexity index is 197. The van der Waals surface area contributed by atoms with Gasteiger partial charge in [-0.1, -0.05) is 0 Å². The molecule has 0 heterocycles. The van der Waals surface area contributed by atoms with Crippen LogP contribution in [0, 0.1) is 0 Å². The Kier molecular flexibility index (Phi) is 8.70. The van der Waals surface area contributed by atoms with Gasteiger partial charge in [-0.15, -0.1) is 0 Å². The molecular formula is C9H19N3O3. The van der Waals surface area contributed by atoms with Gasteiger partial charge in [0.25, 0.3) is 0 Å². The summed E-state index contributed by atoms with van der Waals surface area (Å²) in [6.07, 6.45) is 0. The van der Waals surface area contributed by atoms with E-state index in [0.717, 1.165) is 0 Å². The van der Waals surface area contributed by atoms with E-state index in [1.807, 2.05) is 6.92 Å². The minimum atomic E-state index is -0.142. The highest BCUT2D eigenvalue weighted by Gasteiger charge is 2.02. The molecule has 0 bridgehead atoms. The minimum absolute atomic E-state index is 0.109. The lowest BCUT2D eigenvalue weighted by Gasteiger charge is -2.06. The van der Waals surface area contributed by atoms with Gasteiger partial charge in [0.15, 0.2) is 0 Å². The molecule has 6 heteroatoms. The number of nitrogens with one attached hydrogen (secondary N) is 3. The molecule has 0 saturated heterocycles. The average Bonchev–Trinajstić information content (AvgIpc) is 2.18. The van der Waals surface area contributed by atoms with Crippen molar-refractivity contribution in [3.05, 3.63) is 0 Å². The van der Waals surface area contributed by atoms with Crippen molar-refractivity contribution in [1.82, 2.24) is 16.0 Å². The fraction of sp³-hybridized carbons (Fsp3) is 0.778. The van der Waals surface area contributed by atoms with E-state index in [-0.39, 0.29) is 24.9 Å². The molecule has 0 aromatic carbocycles. The lowest BCUT2D eigenvalue weighted by atomic mass is 10.5. The van der Waals surface area contributed by atoms with Crippen LogP contribution in [0.25, 0.3) is 0 Å². The Morgan fingerprint density at radius 3 is 2.27 bits per heavy atom. The number of ether oxygens (including phenoxy) is 1. The summed E-state index contributed by atoms with van der Waals surface area (Å²) in [6.45, 7) is 3.71. The third-order valence-electron chi connectivity index (χ3n) is 1.57. The van der Waals surface area contributed by atoms with Crippen LogP contribution in [0.15, 0.2) is 0 Å². The van der Waals surface area contributed by atoms with Crippen molar-refractivity contribution in [3.63, 3.8) is 0 Å². The molecule has 0 atom stereocenters. The molecule has 0 rings (SSSR count). The molecule has 0 aromatic rings. The van der Waals surface area contributed by atoms with E-state index in [1.54, 1.807) is 7.11 Å². The molecule has 0 aliphatic carbocycles. The van der Waals surface area contributed by atoms with Crippen molar-refractivity contribution in [2.45, 2.75) is 6.92 Å². The van der Waals surface area contributed by atoms with Crippen LogP contribution in [0.5, 0.6) is 0 Å². The van der Waals surface area contributed by atoms with Crippen LogP contribution in [0.3, 0.4) is 0 Å². The van der Waals surface area contributed by atoms with Gasteiger partial charge in [-0.3, -0.25) is 14.9 Å². The number of hydrogen-bond acceptors (Lipinski definition) is 4. The van der Waals surface area contributed by atoms with E-state index >= 15 is 0 Å². The van der Waals surface area contributed by atoms with Crippen LogP contribution >= 0.6 is 0 Å². The van der Waals surface area contributed by atoms with Gasteiger partial charge in [0.2, 0.25) is 11.8 Å². The Balaban J connectivity index is 3.34. The van der Waals surface area contributed by atoms with E-state index in [2.05, 4.69) is 16.0 Å². The molecule has 2 amide bonds. The zero-order valence-corrected chi connectivity index (χ0v) is 9.26. The summed E-state index contributed by atoms with van der Waals surface area (Å²) in [5, 5.41) is 7.98. The summed E-state index contributed by atoms with van der Waals surface area (Å²) >= 11 is 0. The molecule has 0 fully saturated rings. The van der Waals surface area contributed by atoms with Crippen LogP contribution < -0.4 is 16.0 Å². The minimum Gasteiger partial charge on any atom is -0.383 e. The molecule has 0 radical (unpaired) electrons. The number of carbonyl (C=O) groups is 2. The van der Waals surface area contributed by atoms with Crippen molar-refractivity contribution < 1.29 is 14.3 Å². The number of amides is 2. The highest BCUT2D eigenvalue weighted by Crippen LogP contribution is 1.68. The maximum atomic E-state index is 11.1. The molecule has 0 aliphatic heterocycles. The van der Waals surface area contributed by atoms with E-state index in [9.17, 15) is 9.59 Å². The monoisotopic (exact) mass is 217 g/mol. The zero-order chi connectivity index (χ0) is 11.5. The Hall–Kier alpha value is -1.14. The zero-order valence-electron chi connectivity index (χ0n) is 9.26. The fourth-order valence-electron chi connectivity index (χ4n) is 0.904. The van der Waals surface area contributed by atoms with Crippen molar-refractivity contribution in [3.8, 4) is 0 Å². The second-order valence-electron chi connectivity index (χ2n) is 2.90. The highest BCUT2D eigenvalue weighted by molar-refractivity contribution is 5.80. The van der Waals surface area contributed by atoms with Gasteiger partial charge in [0.1, 0.15) is 0 Å². The SMILES string of the molecule is CCNC(=O)CNCC(=O)NCCOC. The van der Waals surface area contributed by atoms with Crippen molar-refractivity contribution in [2.24, 2.45) is 0 Å². The normalized spacial score (nSPS) is 9.73. The van der Waals surface area contributed by atoms with E-state index in [4.69, 9.17) is 4.74 Å². The molecule has 88 valence electrons. The largest absolute Gasteiger partial charge is 0.383 e. The molecule has 6 nitrogen and oxygen atoms in total. The third-order valence-corrected chi connectivity index (χ3v) is 1.57. The Morgan fingerprint density at radius 2 is 1.73 bits per heavy atom. The Labute approximate surface area is 89.7 Å². The number of carbonyl (C=O) groups excluding carboxylic acids is 2. The van der Waals surface area contributed by atoms with E-state index in [1.165, 1.54) is 0 Å². The Morgan fingerprint density at radius 1 is 1.13 bits per heavy atom. The van der Waals surface area contributed by atoms with Gasteiger partial charge in [-0.2, -0.15) is 0 Å². The topological polar surface area (TPSA) is 79.5 Å². The number of methoxy groups -OCH3 is 1. The lowest BCUT2D eigenvalue weighted by molar-refractivity contribution is -0.121. The van der Waals surface area contributed by atoms with Crippen molar-refractivity contribution >= 4 is 11.8 Å². The first-order valence-electron chi connectivity index (χ1n) is 4.93. The van der Waals surface area contributed by atoms with Crippen LogP contribution in [-0.4, -0.2) is 51.7 Å². The van der Waals surface area contributed by atoms with Gasteiger partial charge in [-0.25, -0.2) is 0 Å². The molecule has 0 saturated carbocycles. The summed E-state index contributed by atoms with van der Waals surface area (Å²) in [7, 11) is 1.57. The maximum Gasteiger partial charge on any atom is 0.234 e. The number of hydrogen-bond donors (Lipinski definition) is 3. The predicted octanol–water partition coefficient (Wildman–Crippen LogP) is -1.53. The molecule has 0 aliphatic rings. The standard InChI is InChI=1S/C9H19N3O3/c1-3-11-8(13)6-10-7-9(14)12-4-5-15-2/h10H,3-7H2,1-2H3,(H,11,13)(H,12,14). The summed E-state index contributed by atoms with van der Waals surface area (Å²) < 4.78 is 4.77. The highest BCUT2D eigenvalue weighted by atomic mass is 16.5. The van der Waals surface area contributed by atoms with Crippen molar-refractivity contribution in [1.29, 1.82) is 0 Å². The van der Waals surface area contributed by atoms with Gasteiger partial charge in [-0.05, 0) is 6.92 Å². The van der Waals surface area contributed by atoms with Gasteiger partial charge >= 0.3 is 0 Å². The first kappa shape index (κ1) is 13.9. The number of likely N-dealkylation sites (N-methyl/N-ethyl adjacent to an activating group) is 1.